The van der Waals surface area contributed by atoms with Crippen molar-refractivity contribution in [2.75, 3.05) is 0 Å². The zero-order chi connectivity index (χ0) is 18.4. The lowest BCUT2D eigenvalue weighted by Crippen LogP contribution is -2.52. The van der Waals surface area contributed by atoms with E-state index in [1.807, 2.05) is 6.92 Å². The topological polar surface area (TPSA) is 54.4 Å². The first-order chi connectivity index (χ1) is 11.8. The summed E-state index contributed by atoms with van der Waals surface area (Å²) in [4.78, 5) is 24.1. The summed E-state index contributed by atoms with van der Waals surface area (Å²) in [6.07, 6.45) is 9.58. The van der Waals surface area contributed by atoms with Gasteiger partial charge in [0.25, 0.3) is 0 Å². The first-order valence-corrected chi connectivity index (χ1v) is 9.85. The number of Topliss-reactive ketones (excluding diaryl/α,β-unsaturated/α-hetero) is 1. The summed E-state index contributed by atoms with van der Waals surface area (Å²) in [7, 11) is 0. The minimum Gasteiger partial charge on any atom is -0.393 e. The largest absolute Gasteiger partial charge is 0.393 e. The van der Waals surface area contributed by atoms with E-state index in [0.717, 1.165) is 32.1 Å². The molecule has 0 spiro atoms. The molecule has 1 N–H and O–H groups in total. The van der Waals surface area contributed by atoms with Gasteiger partial charge in [0.1, 0.15) is 5.78 Å². The fraction of sp³-hybridized carbons (Fsp3) is 0.727. The van der Waals surface area contributed by atoms with Crippen molar-refractivity contribution in [3.63, 3.8) is 0 Å². The second-order valence-electron chi connectivity index (χ2n) is 8.81. The quantitative estimate of drug-likeness (QED) is 0.784. The molecule has 3 saturated carbocycles. The summed E-state index contributed by atoms with van der Waals surface area (Å²) in [5.74, 6) is 1.92. The highest BCUT2D eigenvalue weighted by Crippen LogP contribution is 2.62. The Morgan fingerprint density at radius 3 is 2.60 bits per heavy atom. The fourth-order valence-electron chi connectivity index (χ4n) is 6.57. The molecule has 3 heteroatoms. The number of carbonyl (C=O) groups is 2. The molecule has 3 fully saturated rings. The van der Waals surface area contributed by atoms with Crippen molar-refractivity contribution in [1.82, 2.24) is 0 Å². The third kappa shape index (κ3) is 3.05. The van der Waals surface area contributed by atoms with Gasteiger partial charge in [-0.2, -0.15) is 0 Å². The van der Waals surface area contributed by atoms with Crippen molar-refractivity contribution in [1.29, 1.82) is 0 Å². The van der Waals surface area contributed by atoms with Crippen LogP contribution in [-0.4, -0.2) is 22.8 Å². The van der Waals surface area contributed by atoms with Crippen LogP contribution in [-0.2, 0) is 9.59 Å². The van der Waals surface area contributed by atoms with Crippen LogP contribution in [0.2, 0.25) is 0 Å². The van der Waals surface area contributed by atoms with Gasteiger partial charge in [-0.3, -0.25) is 9.59 Å². The molecule has 0 aliphatic heterocycles. The lowest BCUT2D eigenvalue weighted by Gasteiger charge is -2.54. The third-order valence-corrected chi connectivity index (χ3v) is 7.59. The second-order valence-corrected chi connectivity index (χ2v) is 8.81. The van der Waals surface area contributed by atoms with Crippen molar-refractivity contribution in [3.05, 3.63) is 23.8 Å². The highest BCUT2D eigenvalue weighted by atomic mass is 16.3. The van der Waals surface area contributed by atoms with Crippen LogP contribution in [0.4, 0.5) is 0 Å². The Labute approximate surface area is 151 Å². The first kappa shape index (κ1) is 18.6. The lowest BCUT2D eigenvalue weighted by atomic mass is 9.51. The van der Waals surface area contributed by atoms with Gasteiger partial charge in [-0.15, -0.1) is 0 Å². The van der Waals surface area contributed by atoms with Gasteiger partial charge in [-0.25, -0.2) is 0 Å². The summed E-state index contributed by atoms with van der Waals surface area (Å²) >= 11 is 0. The molecule has 3 nitrogen and oxygen atoms in total. The summed E-state index contributed by atoms with van der Waals surface area (Å²) < 4.78 is 0. The van der Waals surface area contributed by atoms with Crippen molar-refractivity contribution < 1.29 is 14.7 Å². The van der Waals surface area contributed by atoms with Crippen LogP contribution in [0.25, 0.3) is 0 Å². The maximum Gasteiger partial charge on any atom is 0.178 e. The van der Waals surface area contributed by atoms with Crippen LogP contribution < -0.4 is 0 Å². The summed E-state index contributed by atoms with van der Waals surface area (Å²) in [6, 6.07) is 0. The minimum atomic E-state index is -0.373. The zero-order valence-corrected chi connectivity index (χ0v) is 16.0. The SMILES string of the molecule is C/C=C\C(=O)/C=C1/CCC2C([C@@H]1C)[C@@H](O)C[C@@]1(C)C2CC[C@@H]1C(C)=O. The Bertz CT molecular complexity index is 617. The van der Waals surface area contributed by atoms with Crippen LogP contribution in [0.15, 0.2) is 23.8 Å². The van der Waals surface area contributed by atoms with Crippen molar-refractivity contribution >= 4 is 11.6 Å². The van der Waals surface area contributed by atoms with E-state index in [4.69, 9.17) is 0 Å². The van der Waals surface area contributed by atoms with Gasteiger partial charge in [0.2, 0.25) is 0 Å². The Kier molecular flexibility index (Phi) is 5.07. The van der Waals surface area contributed by atoms with E-state index in [9.17, 15) is 14.7 Å². The lowest BCUT2D eigenvalue weighted by molar-refractivity contribution is -0.133. The predicted octanol–water partition coefficient (Wildman–Crippen LogP) is 4.11. The molecule has 0 aromatic carbocycles. The normalized spacial score (nSPS) is 45.4. The Hall–Kier alpha value is -1.22. The number of carbonyl (C=O) groups excluding carboxylic acids is 2. The predicted molar refractivity (Wildman–Crippen MR) is 98.9 cm³/mol. The first-order valence-electron chi connectivity index (χ1n) is 9.85. The van der Waals surface area contributed by atoms with E-state index in [1.165, 1.54) is 5.57 Å². The van der Waals surface area contributed by atoms with E-state index in [0.29, 0.717) is 11.8 Å². The maximum atomic E-state index is 12.1. The van der Waals surface area contributed by atoms with E-state index < -0.39 is 0 Å². The molecule has 0 radical (unpaired) electrons. The van der Waals surface area contributed by atoms with E-state index in [-0.39, 0.29) is 40.8 Å². The van der Waals surface area contributed by atoms with Gasteiger partial charge < -0.3 is 5.11 Å². The molecule has 0 saturated heterocycles. The Morgan fingerprint density at radius 1 is 1.24 bits per heavy atom. The van der Waals surface area contributed by atoms with Crippen LogP contribution >= 0.6 is 0 Å². The molecular weight excluding hydrogens is 312 g/mol. The summed E-state index contributed by atoms with van der Waals surface area (Å²) in [6.45, 7) is 7.98. The molecular formula is C22H32O3. The van der Waals surface area contributed by atoms with Crippen molar-refractivity contribution in [3.8, 4) is 0 Å². The van der Waals surface area contributed by atoms with Crippen LogP contribution in [0.1, 0.15) is 59.8 Å². The molecule has 0 aromatic rings. The second kappa shape index (κ2) is 6.83. The van der Waals surface area contributed by atoms with E-state index in [2.05, 4.69) is 13.8 Å². The third-order valence-electron chi connectivity index (χ3n) is 7.59. The highest BCUT2D eigenvalue weighted by Gasteiger charge is 2.59. The molecule has 0 amide bonds. The van der Waals surface area contributed by atoms with Crippen LogP contribution in [0.5, 0.6) is 0 Å². The standard InChI is InChI=1S/C22H32O3/c1-5-6-16(24)11-15-7-8-17-19-10-9-18(14(3)23)22(19,4)12-20(25)21(17)13(15)2/h5-6,11,13,17-21,25H,7-10,12H2,1-4H3/b6-5-,15-11-/t13-,17?,18-,19?,20+,21?,22-/m1/s1. The molecule has 3 rings (SSSR count). The van der Waals surface area contributed by atoms with Crippen LogP contribution in [0.3, 0.4) is 0 Å². The number of ketones is 2. The number of fused-ring (bicyclic) bond motifs is 3. The molecule has 0 bridgehead atoms. The molecule has 0 heterocycles. The number of allylic oxidation sites excluding steroid dienone is 4. The van der Waals surface area contributed by atoms with Gasteiger partial charge in [0.15, 0.2) is 5.78 Å². The number of hydrogen-bond donors (Lipinski definition) is 1. The van der Waals surface area contributed by atoms with Crippen molar-refractivity contribution in [2.45, 2.75) is 65.9 Å². The van der Waals surface area contributed by atoms with Gasteiger partial charge >= 0.3 is 0 Å². The molecule has 25 heavy (non-hydrogen) atoms. The molecule has 3 unspecified atom stereocenters. The van der Waals surface area contributed by atoms with Gasteiger partial charge in [0, 0.05) is 5.92 Å². The number of hydrogen-bond acceptors (Lipinski definition) is 3. The Morgan fingerprint density at radius 2 is 1.96 bits per heavy atom. The van der Waals surface area contributed by atoms with Crippen molar-refractivity contribution in [2.24, 2.45) is 35.0 Å². The summed E-state index contributed by atoms with van der Waals surface area (Å²) in [5, 5.41) is 11.0. The number of rotatable bonds is 3. The smallest absolute Gasteiger partial charge is 0.178 e. The average Bonchev–Trinajstić information content (AvgIpc) is 2.86. The minimum absolute atomic E-state index is 0.0475. The molecule has 0 aromatic heterocycles. The Balaban J connectivity index is 1.87. The highest BCUT2D eigenvalue weighted by molar-refractivity contribution is 5.99. The van der Waals surface area contributed by atoms with Crippen LogP contribution in [0, 0.1) is 35.0 Å². The van der Waals surface area contributed by atoms with E-state index >= 15 is 0 Å². The monoisotopic (exact) mass is 344 g/mol. The van der Waals surface area contributed by atoms with Gasteiger partial charge in [0.05, 0.1) is 6.10 Å². The maximum absolute atomic E-state index is 12.1. The van der Waals surface area contributed by atoms with Gasteiger partial charge in [-0.1, -0.05) is 25.5 Å². The van der Waals surface area contributed by atoms with E-state index in [1.54, 1.807) is 25.2 Å². The number of aliphatic hydroxyl groups excluding tert-OH is 1. The molecule has 7 atom stereocenters. The number of aliphatic hydroxyl groups is 1. The van der Waals surface area contributed by atoms with Gasteiger partial charge in [-0.05, 0) is 87.2 Å². The molecule has 3 aliphatic carbocycles. The zero-order valence-electron chi connectivity index (χ0n) is 16.0. The molecule has 138 valence electrons. The fourth-order valence-corrected chi connectivity index (χ4v) is 6.57. The average molecular weight is 344 g/mol. The summed E-state index contributed by atoms with van der Waals surface area (Å²) in [5.41, 5.74) is 1.14. The molecule has 3 aliphatic rings.